The van der Waals surface area contributed by atoms with Crippen molar-refractivity contribution < 1.29 is 27.6 Å². The smallest absolute Gasteiger partial charge is 0.416 e. The first-order valence-corrected chi connectivity index (χ1v) is 7.57. The number of rotatable bonds is 5. The molecule has 26 heavy (non-hydrogen) atoms. The summed E-state index contributed by atoms with van der Waals surface area (Å²) in [5, 5.41) is 11.9. The monoisotopic (exact) mass is 408 g/mol. The first-order chi connectivity index (χ1) is 12.1. The minimum absolute atomic E-state index is 0.161. The first-order valence-electron chi connectivity index (χ1n) is 6.82. The lowest BCUT2D eigenvalue weighted by molar-refractivity contribution is -0.467. The zero-order chi connectivity index (χ0) is 19.5. The minimum Gasteiger partial charge on any atom is -0.454 e. The van der Waals surface area contributed by atoms with Crippen molar-refractivity contribution in [2.75, 3.05) is 11.9 Å². The van der Waals surface area contributed by atoms with Gasteiger partial charge in [0.25, 0.3) is 12.5 Å². The van der Waals surface area contributed by atoms with Crippen LogP contribution in [0.2, 0.25) is 10.0 Å². The van der Waals surface area contributed by atoms with Gasteiger partial charge in [0.1, 0.15) is 5.75 Å². The van der Waals surface area contributed by atoms with Crippen molar-refractivity contribution in [1.82, 2.24) is 0 Å². The second-order valence-electron chi connectivity index (χ2n) is 4.93. The highest BCUT2D eigenvalue weighted by Crippen LogP contribution is 2.41. The predicted molar refractivity (Wildman–Crippen MR) is 88.5 cm³/mol. The van der Waals surface area contributed by atoms with Crippen LogP contribution in [0.25, 0.3) is 0 Å². The highest BCUT2D eigenvalue weighted by molar-refractivity contribution is 6.37. The van der Waals surface area contributed by atoms with Crippen LogP contribution in [0.15, 0.2) is 36.4 Å². The van der Waals surface area contributed by atoms with Gasteiger partial charge in [0.2, 0.25) is 0 Å². The highest BCUT2D eigenvalue weighted by Gasteiger charge is 2.32. The van der Waals surface area contributed by atoms with E-state index in [1.54, 1.807) is 0 Å². The fraction of sp³-hybridized carbons (Fsp3) is 0.133. The molecule has 0 aliphatic carbocycles. The van der Waals surface area contributed by atoms with E-state index in [1.807, 2.05) is 0 Å². The number of carbonyl (C=O) groups is 1. The van der Waals surface area contributed by atoms with Gasteiger partial charge in [0.05, 0.1) is 15.6 Å². The van der Waals surface area contributed by atoms with Gasteiger partial charge < -0.3 is 10.1 Å². The van der Waals surface area contributed by atoms with E-state index in [0.29, 0.717) is 12.1 Å². The SMILES string of the molecule is O=C(C[N+](=O)[O-])Nc1ccc(Oc2c(Cl)cc(C(F)(F)F)cc2Cl)cc1. The molecule has 1 N–H and O–H groups in total. The Morgan fingerprint density at radius 2 is 1.69 bits per heavy atom. The van der Waals surface area contributed by atoms with Crippen molar-refractivity contribution in [3.05, 3.63) is 62.1 Å². The van der Waals surface area contributed by atoms with E-state index < -0.39 is 29.1 Å². The maximum absolute atomic E-state index is 12.7. The summed E-state index contributed by atoms with van der Waals surface area (Å²) in [5.74, 6) is -0.787. The standard InChI is InChI=1S/C15H9Cl2F3N2O4/c16-11-5-8(15(18,19)20)6-12(17)14(11)26-10-3-1-9(2-4-10)21-13(23)7-22(24)25/h1-6H,7H2,(H,21,23). The molecule has 11 heteroatoms. The molecule has 0 aromatic heterocycles. The van der Waals surface area contributed by atoms with E-state index in [9.17, 15) is 28.1 Å². The van der Waals surface area contributed by atoms with E-state index in [4.69, 9.17) is 27.9 Å². The maximum atomic E-state index is 12.7. The fourth-order valence-corrected chi connectivity index (χ4v) is 2.43. The molecule has 2 aromatic carbocycles. The summed E-state index contributed by atoms with van der Waals surface area (Å²) in [5.41, 5.74) is -0.738. The van der Waals surface area contributed by atoms with Gasteiger partial charge in [-0.25, -0.2) is 0 Å². The molecule has 0 spiro atoms. The average Bonchev–Trinajstić information content (AvgIpc) is 2.50. The molecule has 0 saturated heterocycles. The number of benzene rings is 2. The second kappa shape index (κ2) is 7.79. The van der Waals surface area contributed by atoms with Crippen molar-refractivity contribution in [2.45, 2.75) is 6.18 Å². The average molecular weight is 409 g/mol. The Balaban J connectivity index is 2.14. The van der Waals surface area contributed by atoms with Crippen LogP contribution in [0.5, 0.6) is 11.5 Å². The van der Waals surface area contributed by atoms with Gasteiger partial charge in [-0.3, -0.25) is 14.9 Å². The van der Waals surface area contributed by atoms with Crippen LogP contribution >= 0.6 is 23.2 Å². The Morgan fingerprint density at radius 1 is 1.15 bits per heavy atom. The van der Waals surface area contributed by atoms with Crippen LogP contribution < -0.4 is 10.1 Å². The number of anilines is 1. The first kappa shape index (κ1) is 19.8. The number of hydrogen-bond acceptors (Lipinski definition) is 4. The molecule has 0 heterocycles. The zero-order valence-electron chi connectivity index (χ0n) is 12.6. The number of alkyl halides is 3. The van der Waals surface area contributed by atoms with Crippen LogP contribution in [0, 0.1) is 10.1 Å². The number of nitrogens with zero attached hydrogens (tertiary/aromatic N) is 1. The third kappa shape index (κ3) is 5.24. The number of hydrogen-bond donors (Lipinski definition) is 1. The molecule has 138 valence electrons. The highest BCUT2D eigenvalue weighted by atomic mass is 35.5. The number of ether oxygens (including phenoxy) is 1. The van der Waals surface area contributed by atoms with E-state index in [2.05, 4.69) is 5.32 Å². The summed E-state index contributed by atoms with van der Waals surface area (Å²) in [6.45, 7) is -0.880. The Kier molecular flexibility index (Phi) is 5.94. The van der Waals surface area contributed by atoms with Crippen LogP contribution in [-0.4, -0.2) is 17.4 Å². The number of halogens is 5. The number of amides is 1. The molecule has 0 aliphatic rings. The van der Waals surface area contributed by atoms with Gasteiger partial charge in [0, 0.05) is 10.6 Å². The summed E-state index contributed by atoms with van der Waals surface area (Å²) >= 11 is 11.6. The summed E-state index contributed by atoms with van der Waals surface area (Å²) in [4.78, 5) is 20.8. The van der Waals surface area contributed by atoms with Gasteiger partial charge in [0.15, 0.2) is 5.75 Å². The van der Waals surface area contributed by atoms with Crippen molar-refractivity contribution >= 4 is 34.8 Å². The molecule has 6 nitrogen and oxygen atoms in total. The van der Waals surface area contributed by atoms with E-state index in [-0.39, 0.29) is 27.2 Å². The summed E-state index contributed by atoms with van der Waals surface area (Å²) in [6.07, 6.45) is -4.60. The molecule has 0 bridgehead atoms. The Hall–Kier alpha value is -2.52. The molecule has 2 aromatic rings. The van der Waals surface area contributed by atoms with E-state index in [1.165, 1.54) is 24.3 Å². The maximum Gasteiger partial charge on any atom is 0.416 e. The van der Waals surface area contributed by atoms with Crippen LogP contribution in [-0.2, 0) is 11.0 Å². The third-order valence-electron chi connectivity index (χ3n) is 2.96. The van der Waals surface area contributed by atoms with Gasteiger partial charge in [-0.2, -0.15) is 13.2 Å². The molecule has 0 aliphatic heterocycles. The lowest BCUT2D eigenvalue weighted by Crippen LogP contribution is -2.21. The molecule has 1 amide bonds. The molecular formula is C15H9Cl2F3N2O4. The molecule has 0 fully saturated rings. The Morgan fingerprint density at radius 3 is 2.15 bits per heavy atom. The lowest BCUT2D eigenvalue weighted by atomic mass is 10.2. The van der Waals surface area contributed by atoms with Gasteiger partial charge in [-0.15, -0.1) is 0 Å². The Bertz CT molecular complexity index is 819. The minimum atomic E-state index is -4.60. The lowest BCUT2D eigenvalue weighted by Gasteiger charge is -2.13. The van der Waals surface area contributed by atoms with Crippen LogP contribution in [0.1, 0.15) is 5.56 Å². The van der Waals surface area contributed by atoms with Crippen molar-refractivity contribution in [1.29, 1.82) is 0 Å². The van der Waals surface area contributed by atoms with Crippen LogP contribution in [0.4, 0.5) is 18.9 Å². The van der Waals surface area contributed by atoms with Gasteiger partial charge in [-0.05, 0) is 36.4 Å². The van der Waals surface area contributed by atoms with E-state index in [0.717, 1.165) is 0 Å². The zero-order valence-corrected chi connectivity index (χ0v) is 14.2. The summed E-state index contributed by atoms with van der Waals surface area (Å²) in [6, 6.07) is 6.92. The normalized spacial score (nSPS) is 11.1. The molecule has 0 atom stereocenters. The van der Waals surface area contributed by atoms with E-state index >= 15 is 0 Å². The quantitative estimate of drug-likeness (QED) is 0.556. The largest absolute Gasteiger partial charge is 0.454 e. The van der Waals surface area contributed by atoms with Crippen molar-refractivity contribution in [3.63, 3.8) is 0 Å². The molecule has 2 rings (SSSR count). The van der Waals surface area contributed by atoms with Crippen molar-refractivity contribution in [3.8, 4) is 11.5 Å². The number of carbonyl (C=O) groups excluding carboxylic acids is 1. The molecule has 0 radical (unpaired) electrons. The fourth-order valence-electron chi connectivity index (χ4n) is 1.86. The predicted octanol–water partition coefficient (Wildman–Crippen LogP) is 5.02. The van der Waals surface area contributed by atoms with Crippen molar-refractivity contribution in [2.24, 2.45) is 0 Å². The van der Waals surface area contributed by atoms with Gasteiger partial charge in [-0.1, -0.05) is 23.2 Å². The molecular weight excluding hydrogens is 400 g/mol. The third-order valence-corrected chi connectivity index (χ3v) is 3.52. The molecule has 0 unspecified atom stereocenters. The topological polar surface area (TPSA) is 81.5 Å². The number of nitro groups is 1. The Labute approximate surface area is 154 Å². The molecule has 0 saturated carbocycles. The number of nitrogens with one attached hydrogen (secondary N) is 1. The summed E-state index contributed by atoms with van der Waals surface area (Å²) < 4.78 is 43.5. The second-order valence-corrected chi connectivity index (χ2v) is 5.75. The van der Waals surface area contributed by atoms with Gasteiger partial charge >= 0.3 is 6.18 Å². The summed E-state index contributed by atoms with van der Waals surface area (Å²) in [7, 11) is 0. The van der Waals surface area contributed by atoms with Crippen LogP contribution in [0.3, 0.4) is 0 Å².